The van der Waals surface area contributed by atoms with Crippen LogP contribution in [0.5, 0.6) is 0 Å². The Labute approximate surface area is 129 Å². The maximum atomic E-state index is 13.7. The highest BCUT2D eigenvalue weighted by Gasteiger charge is 2.26. The molecule has 22 heavy (non-hydrogen) atoms. The van der Waals surface area contributed by atoms with Gasteiger partial charge in [-0.2, -0.15) is 0 Å². The lowest BCUT2D eigenvalue weighted by atomic mass is 9.97. The molecule has 1 unspecified atom stereocenters. The van der Waals surface area contributed by atoms with E-state index in [1.807, 2.05) is 19.9 Å². The van der Waals surface area contributed by atoms with E-state index in [4.69, 9.17) is 0 Å². The summed E-state index contributed by atoms with van der Waals surface area (Å²) < 4.78 is 54.2. The fraction of sp³-hybridized carbons (Fsp3) is 0.250. The summed E-state index contributed by atoms with van der Waals surface area (Å²) in [5, 5.41) is 0. The van der Waals surface area contributed by atoms with Gasteiger partial charge in [0.2, 0.25) is 10.0 Å². The van der Waals surface area contributed by atoms with Crippen molar-refractivity contribution in [3.63, 3.8) is 0 Å². The number of hydrogen-bond acceptors (Lipinski definition) is 2. The molecule has 0 radical (unpaired) electrons. The summed E-state index contributed by atoms with van der Waals surface area (Å²) in [6.07, 6.45) is 0. The van der Waals surface area contributed by atoms with Crippen LogP contribution in [-0.2, 0) is 10.0 Å². The number of hydrogen-bond donors (Lipinski definition) is 1. The van der Waals surface area contributed by atoms with Crippen LogP contribution >= 0.6 is 0 Å². The summed E-state index contributed by atoms with van der Waals surface area (Å²) in [5.74, 6) is -1.85. The number of sulfonamides is 1. The van der Waals surface area contributed by atoms with E-state index in [0.29, 0.717) is 6.07 Å². The molecule has 0 spiro atoms. The Balaban J connectivity index is 2.39. The Morgan fingerprint density at radius 3 is 2.23 bits per heavy atom. The van der Waals surface area contributed by atoms with Crippen molar-refractivity contribution in [2.45, 2.75) is 24.8 Å². The summed E-state index contributed by atoms with van der Waals surface area (Å²) in [4.78, 5) is -0.686. The average molecular weight is 325 g/mol. The Bertz CT molecular complexity index is 746. The van der Waals surface area contributed by atoms with Gasteiger partial charge in [0.1, 0.15) is 16.5 Å². The third kappa shape index (κ3) is 3.69. The molecule has 6 heteroatoms. The normalized spacial score (nSPS) is 13.3. The van der Waals surface area contributed by atoms with Gasteiger partial charge in [-0.1, -0.05) is 44.2 Å². The Hall–Kier alpha value is -1.79. The van der Waals surface area contributed by atoms with Crippen LogP contribution in [0.25, 0.3) is 0 Å². The van der Waals surface area contributed by atoms with Gasteiger partial charge in [0.15, 0.2) is 0 Å². The van der Waals surface area contributed by atoms with E-state index < -0.39 is 32.6 Å². The van der Waals surface area contributed by atoms with Gasteiger partial charge in [0, 0.05) is 6.04 Å². The first kappa shape index (κ1) is 16.6. The first-order chi connectivity index (χ1) is 10.3. The molecule has 0 amide bonds. The third-order valence-electron chi connectivity index (χ3n) is 3.29. The molecular weight excluding hydrogens is 308 g/mol. The summed E-state index contributed by atoms with van der Waals surface area (Å²) in [6, 6.07) is 10.8. The molecule has 118 valence electrons. The zero-order valence-corrected chi connectivity index (χ0v) is 13.1. The van der Waals surface area contributed by atoms with E-state index in [2.05, 4.69) is 4.72 Å². The van der Waals surface area contributed by atoms with Crippen molar-refractivity contribution in [2.75, 3.05) is 0 Å². The van der Waals surface area contributed by atoms with Crippen LogP contribution in [0.4, 0.5) is 8.78 Å². The minimum absolute atomic E-state index is 0.0613. The number of benzene rings is 2. The van der Waals surface area contributed by atoms with Crippen LogP contribution in [0.1, 0.15) is 25.5 Å². The molecule has 0 fully saturated rings. The maximum absolute atomic E-state index is 13.7. The first-order valence-corrected chi connectivity index (χ1v) is 8.32. The van der Waals surface area contributed by atoms with Crippen LogP contribution in [0, 0.1) is 17.6 Å². The maximum Gasteiger partial charge on any atom is 0.244 e. The zero-order valence-electron chi connectivity index (χ0n) is 12.3. The minimum atomic E-state index is -4.17. The molecule has 2 rings (SSSR count). The highest BCUT2D eigenvalue weighted by atomic mass is 32.2. The van der Waals surface area contributed by atoms with Crippen LogP contribution in [0.2, 0.25) is 0 Å². The van der Waals surface area contributed by atoms with Crippen molar-refractivity contribution < 1.29 is 17.2 Å². The molecule has 2 aromatic rings. The second kappa shape index (κ2) is 6.54. The van der Waals surface area contributed by atoms with E-state index in [1.54, 1.807) is 24.3 Å². The molecule has 3 nitrogen and oxygen atoms in total. The SMILES string of the molecule is CC(C)C(NS(=O)(=O)c1cc(F)ccc1F)c1ccccc1. The van der Waals surface area contributed by atoms with Crippen LogP contribution < -0.4 is 4.72 Å². The van der Waals surface area contributed by atoms with Gasteiger partial charge >= 0.3 is 0 Å². The molecule has 2 aromatic carbocycles. The van der Waals surface area contributed by atoms with Gasteiger partial charge in [-0.05, 0) is 29.7 Å². The van der Waals surface area contributed by atoms with Crippen LogP contribution in [-0.4, -0.2) is 8.42 Å². The van der Waals surface area contributed by atoms with Gasteiger partial charge in [-0.15, -0.1) is 0 Å². The average Bonchev–Trinajstić information content (AvgIpc) is 2.48. The summed E-state index contributed by atoms with van der Waals surface area (Å²) in [7, 11) is -4.17. The smallest absolute Gasteiger partial charge is 0.207 e. The van der Waals surface area contributed by atoms with Gasteiger partial charge in [-0.3, -0.25) is 0 Å². The molecule has 0 heterocycles. The van der Waals surface area contributed by atoms with E-state index in [9.17, 15) is 17.2 Å². The predicted molar refractivity (Wildman–Crippen MR) is 80.7 cm³/mol. The molecule has 0 aromatic heterocycles. The lowest BCUT2D eigenvalue weighted by Gasteiger charge is -2.23. The molecular formula is C16H17F2NO2S. The summed E-state index contributed by atoms with van der Waals surface area (Å²) in [6.45, 7) is 3.70. The fourth-order valence-corrected chi connectivity index (χ4v) is 3.63. The molecule has 0 aliphatic rings. The van der Waals surface area contributed by atoms with E-state index in [1.165, 1.54) is 0 Å². The number of rotatable bonds is 5. The van der Waals surface area contributed by atoms with Crippen LogP contribution in [0.3, 0.4) is 0 Å². The lowest BCUT2D eigenvalue weighted by molar-refractivity contribution is 0.459. The standard InChI is InChI=1S/C16H17F2NO2S/c1-11(2)16(12-6-4-3-5-7-12)19-22(20,21)15-10-13(17)8-9-14(15)18/h3-11,16,19H,1-2H3. The quantitative estimate of drug-likeness (QED) is 0.912. The molecule has 0 bridgehead atoms. The van der Waals surface area contributed by atoms with E-state index in [0.717, 1.165) is 17.7 Å². The molecule has 0 saturated carbocycles. The Kier molecular flexibility index (Phi) is 4.93. The fourth-order valence-electron chi connectivity index (χ4n) is 2.16. The predicted octanol–water partition coefficient (Wildman–Crippen LogP) is 3.64. The topological polar surface area (TPSA) is 46.2 Å². The molecule has 0 aliphatic carbocycles. The Morgan fingerprint density at radius 2 is 1.64 bits per heavy atom. The molecule has 0 aliphatic heterocycles. The molecule has 1 N–H and O–H groups in total. The van der Waals surface area contributed by atoms with Crippen molar-refractivity contribution in [1.29, 1.82) is 0 Å². The third-order valence-corrected chi connectivity index (χ3v) is 4.75. The Morgan fingerprint density at radius 1 is 1.00 bits per heavy atom. The number of halogens is 2. The molecule has 1 atom stereocenters. The van der Waals surface area contributed by atoms with Crippen molar-refractivity contribution in [3.05, 3.63) is 65.7 Å². The van der Waals surface area contributed by atoms with Crippen molar-refractivity contribution in [3.8, 4) is 0 Å². The van der Waals surface area contributed by atoms with Crippen molar-refractivity contribution in [1.82, 2.24) is 4.72 Å². The second-order valence-electron chi connectivity index (χ2n) is 5.33. The molecule has 0 saturated heterocycles. The van der Waals surface area contributed by atoms with E-state index in [-0.39, 0.29) is 5.92 Å². The highest BCUT2D eigenvalue weighted by Crippen LogP contribution is 2.25. The number of nitrogens with one attached hydrogen (secondary N) is 1. The zero-order chi connectivity index (χ0) is 16.3. The van der Waals surface area contributed by atoms with Gasteiger partial charge in [0.25, 0.3) is 0 Å². The highest BCUT2D eigenvalue weighted by molar-refractivity contribution is 7.89. The van der Waals surface area contributed by atoms with Crippen LogP contribution in [0.15, 0.2) is 53.4 Å². The minimum Gasteiger partial charge on any atom is -0.207 e. The first-order valence-electron chi connectivity index (χ1n) is 6.83. The summed E-state index contributed by atoms with van der Waals surface area (Å²) >= 11 is 0. The lowest BCUT2D eigenvalue weighted by Crippen LogP contribution is -2.32. The monoisotopic (exact) mass is 325 g/mol. The van der Waals surface area contributed by atoms with Crippen molar-refractivity contribution in [2.24, 2.45) is 5.92 Å². The largest absolute Gasteiger partial charge is 0.244 e. The van der Waals surface area contributed by atoms with Gasteiger partial charge in [-0.25, -0.2) is 21.9 Å². The summed E-state index contributed by atoms with van der Waals surface area (Å²) in [5.41, 5.74) is 0.762. The second-order valence-corrected chi connectivity index (χ2v) is 7.01. The van der Waals surface area contributed by atoms with Crippen molar-refractivity contribution >= 4 is 10.0 Å². The van der Waals surface area contributed by atoms with E-state index >= 15 is 0 Å². The van der Waals surface area contributed by atoms with Gasteiger partial charge in [0.05, 0.1) is 0 Å². The van der Waals surface area contributed by atoms with Gasteiger partial charge < -0.3 is 0 Å².